The molecule has 0 aliphatic carbocycles. The van der Waals surface area contributed by atoms with E-state index in [4.69, 9.17) is 11.6 Å². The van der Waals surface area contributed by atoms with Crippen molar-refractivity contribution >= 4 is 11.6 Å². The lowest BCUT2D eigenvalue weighted by Crippen LogP contribution is -2.40. The van der Waals surface area contributed by atoms with Crippen molar-refractivity contribution in [1.29, 1.82) is 0 Å². The van der Waals surface area contributed by atoms with Crippen LogP contribution in [0.25, 0.3) is 0 Å². The third-order valence-corrected chi connectivity index (χ3v) is 5.21. The highest BCUT2D eigenvalue weighted by Gasteiger charge is 2.28. The van der Waals surface area contributed by atoms with Crippen LogP contribution in [0.1, 0.15) is 61.8 Å². The summed E-state index contributed by atoms with van der Waals surface area (Å²) in [4.78, 5) is 0. The fraction of sp³-hybridized carbons (Fsp3) is 0.429. The molecule has 0 aromatic heterocycles. The molecule has 3 rings (SSSR count). The average molecular weight is 328 g/mol. The van der Waals surface area contributed by atoms with Crippen LogP contribution in [0.2, 0.25) is 5.02 Å². The van der Waals surface area contributed by atoms with Gasteiger partial charge in [-0.3, -0.25) is 0 Å². The Labute approximate surface area is 145 Å². The molecule has 2 atom stereocenters. The standard InChI is InChI=1S/C21H26ClN/c1-2-3-4-8-12-17-15-19-18(13-9-14-20(19)22)21(23-17)16-10-6-5-7-11-16/h5-7,9-11,13-14,17,21,23H,2-4,8,12,15H2,1H3/t17-,21+/m0/s1. The minimum absolute atomic E-state index is 0.259. The van der Waals surface area contributed by atoms with Crippen LogP contribution in [0.15, 0.2) is 48.5 Å². The Balaban J connectivity index is 1.82. The summed E-state index contributed by atoms with van der Waals surface area (Å²) < 4.78 is 0. The van der Waals surface area contributed by atoms with Gasteiger partial charge in [0.1, 0.15) is 0 Å². The van der Waals surface area contributed by atoms with Crippen LogP contribution in [0, 0.1) is 0 Å². The van der Waals surface area contributed by atoms with E-state index in [1.165, 1.54) is 48.8 Å². The van der Waals surface area contributed by atoms with Gasteiger partial charge in [-0.15, -0.1) is 0 Å². The average Bonchev–Trinajstić information content (AvgIpc) is 2.60. The van der Waals surface area contributed by atoms with Gasteiger partial charge < -0.3 is 5.32 Å². The van der Waals surface area contributed by atoms with E-state index in [9.17, 15) is 0 Å². The van der Waals surface area contributed by atoms with Crippen LogP contribution in [-0.2, 0) is 6.42 Å². The Hall–Kier alpha value is -1.31. The van der Waals surface area contributed by atoms with Crippen LogP contribution >= 0.6 is 11.6 Å². The lowest BCUT2D eigenvalue weighted by Gasteiger charge is -2.34. The molecule has 1 heterocycles. The molecule has 1 nitrogen and oxygen atoms in total. The molecule has 0 unspecified atom stereocenters. The van der Waals surface area contributed by atoms with Gasteiger partial charge in [-0.25, -0.2) is 0 Å². The van der Waals surface area contributed by atoms with Crippen molar-refractivity contribution in [3.05, 3.63) is 70.2 Å². The zero-order valence-electron chi connectivity index (χ0n) is 13.9. The fourth-order valence-electron chi connectivity index (χ4n) is 3.62. The summed E-state index contributed by atoms with van der Waals surface area (Å²) in [7, 11) is 0. The highest BCUT2D eigenvalue weighted by molar-refractivity contribution is 6.31. The summed E-state index contributed by atoms with van der Waals surface area (Å²) in [5.41, 5.74) is 4.00. The normalized spacial score (nSPS) is 20.3. The second kappa shape index (κ2) is 7.99. The molecule has 0 fully saturated rings. The number of hydrogen-bond donors (Lipinski definition) is 1. The van der Waals surface area contributed by atoms with Crippen molar-refractivity contribution in [1.82, 2.24) is 5.32 Å². The lowest BCUT2D eigenvalue weighted by atomic mass is 9.85. The third kappa shape index (κ3) is 3.97. The predicted octanol–water partition coefficient (Wildman–Crippen LogP) is 5.91. The van der Waals surface area contributed by atoms with E-state index in [0.717, 1.165) is 11.4 Å². The highest BCUT2D eigenvalue weighted by Crippen LogP contribution is 2.35. The predicted molar refractivity (Wildman–Crippen MR) is 99.1 cm³/mol. The van der Waals surface area contributed by atoms with Crippen LogP contribution < -0.4 is 5.32 Å². The second-order valence-corrected chi connectivity index (χ2v) is 6.98. The SMILES string of the molecule is CCCCCC[C@H]1Cc2c(Cl)cccc2[C@@H](c2ccccc2)N1. The van der Waals surface area contributed by atoms with Crippen molar-refractivity contribution in [2.75, 3.05) is 0 Å². The summed E-state index contributed by atoms with van der Waals surface area (Å²) in [6.45, 7) is 2.26. The molecule has 122 valence electrons. The fourth-order valence-corrected chi connectivity index (χ4v) is 3.88. The molecular formula is C21H26ClN. The van der Waals surface area contributed by atoms with Gasteiger partial charge >= 0.3 is 0 Å². The van der Waals surface area contributed by atoms with E-state index < -0.39 is 0 Å². The molecule has 0 amide bonds. The molecule has 1 aliphatic rings. The first-order valence-corrected chi connectivity index (χ1v) is 9.25. The number of benzene rings is 2. The minimum Gasteiger partial charge on any atom is -0.303 e. The Morgan fingerprint density at radius 3 is 2.61 bits per heavy atom. The molecule has 0 saturated heterocycles. The summed E-state index contributed by atoms with van der Waals surface area (Å²) in [5.74, 6) is 0. The van der Waals surface area contributed by atoms with Gasteiger partial charge in [-0.1, -0.05) is 86.7 Å². The molecule has 0 radical (unpaired) electrons. The maximum Gasteiger partial charge on any atom is 0.0582 e. The monoisotopic (exact) mass is 327 g/mol. The number of rotatable bonds is 6. The molecule has 2 heteroatoms. The zero-order chi connectivity index (χ0) is 16.1. The Morgan fingerprint density at radius 2 is 1.83 bits per heavy atom. The van der Waals surface area contributed by atoms with Crippen molar-refractivity contribution in [2.45, 2.75) is 57.5 Å². The largest absolute Gasteiger partial charge is 0.303 e. The number of fused-ring (bicyclic) bond motifs is 1. The number of unbranched alkanes of at least 4 members (excludes halogenated alkanes) is 3. The number of nitrogens with one attached hydrogen (secondary N) is 1. The zero-order valence-corrected chi connectivity index (χ0v) is 14.7. The maximum atomic E-state index is 6.52. The summed E-state index contributed by atoms with van der Waals surface area (Å²) in [5, 5.41) is 4.79. The quantitative estimate of drug-likeness (QED) is 0.650. The maximum absolute atomic E-state index is 6.52. The first-order valence-electron chi connectivity index (χ1n) is 8.88. The summed E-state index contributed by atoms with van der Waals surface area (Å²) in [6.07, 6.45) is 7.54. The molecule has 0 bridgehead atoms. The number of hydrogen-bond acceptors (Lipinski definition) is 1. The summed E-state index contributed by atoms with van der Waals surface area (Å²) in [6, 6.07) is 17.8. The molecule has 2 aromatic carbocycles. The molecule has 1 aliphatic heterocycles. The highest BCUT2D eigenvalue weighted by atomic mass is 35.5. The first kappa shape index (κ1) is 16.5. The van der Waals surface area contributed by atoms with Crippen molar-refractivity contribution in [3.63, 3.8) is 0 Å². The van der Waals surface area contributed by atoms with Gasteiger partial charge in [0.15, 0.2) is 0 Å². The van der Waals surface area contributed by atoms with E-state index in [1.807, 2.05) is 6.07 Å². The van der Waals surface area contributed by atoms with Gasteiger partial charge in [0, 0.05) is 11.1 Å². The minimum atomic E-state index is 0.259. The lowest BCUT2D eigenvalue weighted by molar-refractivity contribution is 0.401. The molecule has 0 saturated carbocycles. The second-order valence-electron chi connectivity index (χ2n) is 6.57. The van der Waals surface area contributed by atoms with Gasteiger partial charge in [0.05, 0.1) is 6.04 Å². The topological polar surface area (TPSA) is 12.0 Å². The Morgan fingerprint density at radius 1 is 1.00 bits per heavy atom. The van der Waals surface area contributed by atoms with E-state index >= 15 is 0 Å². The van der Waals surface area contributed by atoms with Crippen LogP contribution in [0.4, 0.5) is 0 Å². The van der Waals surface area contributed by atoms with Crippen molar-refractivity contribution in [2.24, 2.45) is 0 Å². The van der Waals surface area contributed by atoms with Gasteiger partial charge in [-0.2, -0.15) is 0 Å². The molecule has 2 aromatic rings. The van der Waals surface area contributed by atoms with Gasteiger partial charge in [-0.05, 0) is 35.6 Å². The van der Waals surface area contributed by atoms with Crippen LogP contribution in [0.3, 0.4) is 0 Å². The first-order chi connectivity index (χ1) is 11.3. The van der Waals surface area contributed by atoms with Crippen LogP contribution in [0.5, 0.6) is 0 Å². The molecular weight excluding hydrogens is 302 g/mol. The third-order valence-electron chi connectivity index (χ3n) is 4.86. The summed E-state index contributed by atoms with van der Waals surface area (Å²) >= 11 is 6.52. The smallest absolute Gasteiger partial charge is 0.0582 e. The molecule has 0 spiro atoms. The van der Waals surface area contributed by atoms with E-state index in [1.54, 1.807) is 0 Å². The Bertz CT molecular complexity index is 623. The molecule has 1 N–H and O–H groups in total. The molecule has 23 heavy (non-hydrogen) atoms. The van der Waals surface area contributed by atoms with Crippen molar-refractivity contribution < 1.29 is 0 Å². The van der Waals surface area contributed by atoms with E-state index in [-0.39, 0.29) is 6.04 Å². The number of halogens is 1. The van der Waals surface area contributed by atoms with Crippen molar-refractivity contribution in [3.8, 4) is 0 Å². The van der Waals surface area contributed by atoms with Crippen LogP contribution in [-0.4, -0.2) is 6.04 Å². The van der Waals surface area contributed by atoms with E-state index in [2.05, 4.69) is 54.7 Å². The van der Waals surface area contributed by atoms with Gasteiger partial charge in [0.2, 0.25) is 0 Å². The Kier molecular flexibility index (Phi) is 5.75. The van der Waals surface area contributed by atoms with E-state index in [0.29, 0.717) is 6.04 Å². The van der Waals surface area contributed by atoms with Gasteiger partial charge in [0.25, 0.3) is 0 Å².